The topological polar surface area (TPSA) is 18.5 Å². The van der Waals surface area contributed by atoms with Crippen molar-refractivity contribution in [2.45, 2.75) is 31.9 Å². The smallest absolute Gasteiger partial charge is 0.222 e. The number of ether oxygens (including phenoxy) is 2. The van der Waals surface area contributed by atoms with Gasteiger partial charge >= 0.3 is 0 Å². The number of hydrogen-bond acceptors (Lipinski definition) is 2. The maximum atomic E-state index is 5.22. The van der Waals surface area contributed by atoms with Crippen molar-refractivity contribution in [3.8, 4) is 11.8 Å². The number of hydrogen-bond donors (Lipinski definition) is 0. The minimum atomic E-state index is -0.375. The molecule has 70 valence electrons. The molecule has 0 radical (unpaired) electrons. The van der Waals surface area contributed by atoms with E-state index in [0.717, 1.165) is 0 Å². The second-order valence-corrected chi connectivity index (χ2v) is 3.52. The standard InChI is InChI=1S/C9H15BrO2/c1-4-11-9(12-5-2)7-6-8(3)10/h8-9H,4-5H2,1-3H3. The molecule has 12 heavy (non-hydrogen) atoms. The average molecular weight is 235 g/mol. The molecule has 0 aromatic rings. The zero-order valence-corrected chi connectivity index (χ0v) is 9.35. The summed E-state index contributed by atoms with van der Waals surface area (Å²) in [5.74, 6) is 5.81. The fraction of sp³-hybridized carbons (Fsp3) is 0.778. The molecule has 0 spiro atoms. The first kappa shape index (κ1) is 12.0. The van der Waals surface area contributed by atoms with E-state index >= 15 is 0 Å². The van der Waals surface area contributed by atoms with Crippen LogP contribution < -0.4 is 0 Å². The average Bonchev–Trinajstić information content (AvgIpc) is 2.01. The van der Waals surface area contributed by atoms with Gasteiger partial charge in [0, 0.05) is 13.2 Å². The molecule has 0 fully saturated rings. The Balaban J connectivity index is 3.87. The van der Waals surface area contributed by atoms with Crippen molar-refractivity contribution in [1.82, 2.24) is 0 Å². The normalized spacial score (nSPS) is 12.4. The lowest BCUT2D eigenvalue weighted by Gasteiger charge is -2.09. The van der Waals surface area contributed by atoms with Gasteiger partial charge in [-0.2, -0.15) is 0 Å². The van der Waals surface area contributed by atoms with E-state index in [0.29, 0.717) is 13.2 Å². The molecule has 0 heterocycles. The van der Waals surface area contributed by atoms with E-state index in [4.69, 9.17) is 9.47 Å². The van der Waals surface area contributed by atoms with Crippen molar-refractivity contribution in [2.75, 3.05) is 13.2 Å². The molecular formula is C9H15BrO2. The Kier molecular flexibility index (Phi) is 7.58. The van der Waals surface area contributed by atoms with E-state index in [-0.39, 0.29) is 11.1 Å². The lowest BCUT2D eigenvalue weighted by Crippen LogP contribution is -2.15. The van der Waals surface area contributed by atoms with Crippen molar-refractivity contribution in [2.24, 2.45) is 0 Å². The Morgan fingerprint density at radius 1 is 1.17 bits per heavy atom. The molecule has 0 bridgehead atoms. The summed E-state index contributed by atoms with van der Waals surface area (Å²) in [4.78, 5) is 0.181. The van der Waals surface area contributed by atoms with E-state index < -0.39 is 0 Å². The van der Waals surface area contributed by atoms with Crippen LogP contribution in [-0.4, -0.2) is 24.3 Å². The molecule has 0 aliphatic rings. The lowest BCUT2D eigenvalue weighted by atomic mass is 10.4. The van der Waals surface area contributed by atoms with Gasteiger partial charge in [-0.05, 0) is 26.7 Å². The van der Waals surface area contributed by atoms with Crippen LogP contribution in [0.4, 0.5) is 0 Å². The summed E-state index contributed by atoms with van der Waals surface area (Å²) in [7, 11) is 0. The Bertz CT molecular complexity index is 152. The van der Waals surface area contributed by atoms with E-state index in [1.54, 1.807) is 0 Å². The van der Waals surface area contributed by atoms with Crippen molar-refractivity contribution >= 4 is 15.9 Å². The zero-order chi connectivity index (χ0) is 9.40. The minimum Gasteiger partial charge on any atom is -0.342 e. The molecule has 1 atom stereocenters. The SMILES string of the molecule is CCOC(C#CC(C)Br)OCC. The highest BCUT2D eigenvalue weighted by atomic mass is 79.9. The zero-order valence-electron chi connectivity index (χ0n) is 7.76. The molecule has 2 nitrogen and oxygen atoms in total. The third-order valence-electron chi connectivity index (χ3n) is 1.04. The molecule has 0 rings (SSSR count). The van der Waals surface area contributed by atoms with Crippen molar-refractivity contribution in [3.05, 3.63) is 0 Å². The highest BCUT2D eigenvalue weighted by Crippen LogP contribution is 1.97. The summed E-state index contributed by atoms with van der Waals surface area (Å²) in [5, 5.41) is 0. The van der Waals surface area contributed by atoms with Gasteiger partial charge in [-0.15, -0.1) is 0 Å². The first-order valence-corrected chi connectivity index (χ1v) is 5.00. The van der Waals surface area contributed by atoms with Crippen LogP contribution in [-0.2, 0) is 9.47 Å². The maximum absolute atomic E-state index is 5.22. The van der Waals surface area contributed by atoms with Gasteiger partial charge < -0.3 is 9.47 Å². The second kappa shape index (κ2) is 7.60. The molecule has 0 aliphatic carbocycles. The van der Waals surface area contributed by atoms with Gasteiger partial charge in [0.25, 0.3) is 0 Å². The summed E-state index contributed by atoms with van der Waals surface area (Å²) in [5.41, 5.74) is 0. The third-order valence-corrected chi connectivity index (χ3v) is 1.27. The molecule has 0 N–H and O–H groups in total. The molecule has 0 aliphatic heterocycles. The van der Waals surface area contributed by atoms with Crippen LogP contribution in [0.2, 0.25) is 0 Å². The third kappa shape index (κ3) is 6.66. The molecule has 3 heteroatoms. The van der Waals surface area contributed by atoms with Crippen molar-refractivity contribution in [3.63, 3.8) is 0 Å². The fourth-order valence-corrected chi connectivity index (χ4v) is 0.749. The molecule has 0 saturated heterocycles. The van der Waals surface area contributed by atoms with E-state index in [2.05, 4.69) is 27.8 Å². The minimum absolute atomic E-state index is 0.181. The first-order valence-electron chi connectivity index (χ1n) is 4.09. The molecule has 0 aromatic heterocycles. The summed E-state index contributed by atoms with van der Waals surface area (Å²) in [6.45, 7) is 7.05. The summed E-state index contributed by atoms with van der Waals surface area (Å²) in [6, 6.07) is 0. The maximum Gasteiger partial charge on any atom is 0.222 e. The number of rotatable bonds is 4. The Hall–Kier alpha value is -0.0400. The van der Waals surface area contributed by atoms with Crippen molar-refractivity contribution in [1.29, 1.82) is 0 Å². The Morgan fingerprint density at radius 3 is 2.00 bits per heavy atom. The first-order chi connectivity index (χ1) is 5.70. The molecular weight excluding hydrogens is 220 g/mol. The van der Waals surface area contributed by atoms with Crippen LogP contribution in [0.15, 0.2) is 0 Å². The quantitative estimate of drug-likeness (QED) is 0.422. The van der Waals surface area contributed by atoms with Crippen LogP contribution in [0.25, 0.3) is 0 Å². The summed E-state index contributed by atoms with van der Waals surface area (Å²) < 4.78 is 10.4. The predicted molar refractivity (Wildman–Crippen MR) is 53.2 cm³/mol. The van der Waals surface area contributed by atoms with Crippen LogP contribution in [0.5, 0.6) is 0 Å². The van der Waals surface area contributed by atoms with E-state index in [9.17, 15) is 0 Å². The number of halogens is 1. The van der Waals surface area contributed by atoms with Gasteiger partial charge in [-0.25, -0.2) is 0 Å². The predicted octanol–water partition coefficient (Wildman–Crippen LogP) is 2.17. The highest BCUT2D eigenvalue weighted by Gasteiger charge is 2.01. The van der Waals surface area contributed by atoms with Gasteiger partial charge in [0.15, 0.2) is 0 Å². The summed E-state index contributed by atoms with van der Waals surface area (Å²) >= 11 is 3.32. The van der Waals surface area contributed by atoms with Crippen LogP contribution in [0, 0.1) is 11.8 Å². The van der Waals surface area contributed by atoms with Gasteiger partial charge in [0.05, 0.1) is 4.83 Å². The molecule has 0 aromatic carbocycles. The van der Waals surface area contributed by atoms with Gasteiger partial charge in [0.2, 0.25) is 6.29 Å². The fourth-order valence-electron chi connectivity index (χ4n) is 0.617. The Morgan fingerprint density at radius 2 is 1.67 bits per heavy atom. The van der Waals surface area contributed by atoms with Gasteiger partial charge in [0.1, 0.15) is 0 Å². The van der Waals surface area contributed by atoms with Crippen LogP contribution >= 0.6 is 15.9 Å². The van der Waals surface area contributed by atoms with Gasteiger partial charge in [-0.1, -0.05) is 21.9 Å². The molecule has 0 amide bonds. The van der Waals surface area contributed by atoms with E-state index in [1.807, 2.05) is 20.8 Å². The monoisotopic (exact) mass is 234 g/mol. The lowest BCUT2D eigenvalue weighted by molar-refractivity contribution is -0.0970. The second-order valence-electron chi connectivity index (χ2n) is 2.15. The summed E-state index contributed by atoms with van der Waals surface area (Å²) in [6.07, 6.45) is -0.375. The number of alkyl halides is 1. The molecule has 0 saturated carbocycles. The molecule has 1 unspecified atom stereocenters. The Labute approximate surface area is 82.8 Å². The van der Waals surface area contributed by atoms with Crippen LogP contribution in [0.3, 0.4) is 0 Å². The van der Waals surface area contributed by atoms with Gasteiger partial charge in [-0.3, -0.25) is 0 Å². The van der Waals surface area contributed by atoms with Crippen LogP contribution in [0.1, 0.15) is 20.8 Å². The van der Waals surface area contributed by atoms with Crippen molar-refractivity contribution < 1.29 is 9.47 Å². The highest BCUT2D eigenvalue weighted by molar-refractivity contribution is 9.09. The largest absolute Gasteiger partial charge is 0.342 e. The van der Waals surface area contributed by atoms with E-state index in [1.165, 1.54) is 0 Å².